The smallest absolute Gasteiger partial charge is 0.423 e. The topological polar surface area (TPSA) is 51.0 Å². The normalized spacial score (nSPS) is 23.2. The molecule has 2 aliphatic heterocycles. The van der Waals surface area contributed by atoms with Crippen LogP contribution in [0, 0.1) is 0 Å². The number of rotatable bonds is 2. The Morgan fingerprint density at radius 3 is 2.41 bits per heavy atom. The van der Waals surface area contributed by atoms with Crippen molar-refractivity contribution in [2.45, 2.75) is 38.4 Å². The lowest BCUT2D eigenvalue weighted by Crippen LogP contribution is -2.28. The van der Waals surface area contributed by atoms with Crippen molar-refractivity contribution in [3.8, 4) is 0 Å². The molecule has 2 heterocycles. The van der Waals surface area contributed by atoms with Crippen LogP contribution in [0.5, 0.6) is 0 Å². The third-order valence-electron chi connectivity index (χ3n) is 5.16. The Kier molecular flexibility index (Phi) is 4.52. The van der Waals surface area contributed by atoms with Crippen molar-refractivity contribution < 1.29 is 14.5 Å². The second-order valence-corrected chi connectivity index (χ2v) is 8.77. The van der Waals surface area contributed by atoms with Crippen LogP contribution >= 0.6 is 34.8 Å². The van der Waals surface area contributed by atoms with Gasteiger partial charge in [-0.3, -0.25) is 0 Å². The molecule has 0 saturated carbocycles. The number of nitrogens with zero attached hydrogens (tertiary/aromatic N) is 1. The van der Waals surface area contributed by atoms with E-state index in [-0.39, 0.29) is 0 Å². The molecule has 0 amide bonds. The van der Waals surface area contributed by atoms with Gasteiger partial charge in [0.2, 0.25) is 0 Å². The van der Waals surface area contributed by atoms with Crippen LogP contribution in [0.15, 0.2) is 35.5 Å². The van der Waals surface area contributed by atoms with Gasteiger partial charge in [0.1, 0.15) is 0 Å². The minimum absolute atomic E-state index is 0.323. The number of benzene rings is 2. The minimum atomic E-state index is -0.908. The maximum atomic E-state index is 10.1. The molecule has 0 aliphatic carbocycles. The van der Waals surface area contributed by atoms with Crippen LogP contribution in [0.25, 0.3) is 0 Å². The summed E-state index contributed by atoms with van der Waals surface area (Å²) < 4.78 is 5.63. The van der Waals surface area contributed by atoms with Gasteiger partial charge in [-0.15, -0.1) is 0 Å². The lowest BCUT2D eigenvalue weighted by atomic mass is 9.77. The largest absolute Gasteiger partial charge is 0.492 e. The van der Waals surface area contributed by atoms with Crippen molar-refractivity contribution in [3.63, 3.8) is 0 Å². The first-order chi connectivity index (χ1) is 12.6. The molecule has 0 spiro atoms. The number of halogens is 3. The first-order valence-electron chi connectivity index (χ1n) is 8.51. The van der Waals surface area contributed by atoms with Gasteiger partial charge in [0.15, 0.2) is 5.60 Å². The maximum Gasteiger partial charge on any atom is 0.492 e. The van der Waals surface area contributed by atoms with E-state index < -0.39 is 18.3 Å². The number of fused-ring (bicyclic) bond motifs is 1. The van der Waals surface area contributed by atoms with Gasteiger partial charge < -0.3 is 14.5 Å². The maximum absolute atomic E-state index is 10.1. The Hall–Kier alpha value is -1.24. The highest BCUT2D eigenvalue weighted by atomic mass is 35.5. The summed E-state index contributed by atoms with van der Waals surface area (Å²) in [5.41, 5.74) is 3.00. The quantitative estimate of drug-likeness (QED) is 0.565. The van der Waals surface area contributed by atoms with Gasteiger partial charge in [-0.1, -0.05) is 52.1 Å². The summed E-state index contributed by atoms with van der Waals surface area (Å²) in [6.45, 7) is 5.80. The zero-order valence-corrected chi connectivity index (χ0v) is 17.3. The van der Waals surface area contributed by atoms with Crippen molar-refractivity contribution >= 4 is 53.1 Å². The molecular weight excluding hydrogens is 407 g/mol. The molecule has 2 aromatic rings. The number of hydrogen-bond acceptors (Lipinski definition) is 4. The zero-order valence-electron chi connectivity index (χ0n) is 15.0. The Balaban J connectivity index is 1.66. The Bertz CT molecular complexity index is 956. The molecule has 0 unspecified atom stereocenters. The van der Waals surface area contributed by atoms with Gasteiger partial charge in [0, 0.05) is 12.0 Å². The van der Waals surface area contributed by atoms with Crippen LogP contribution in [-0.4, -0.2) is 17.9 Å². The lowest BCUT2D eigenvalue weighted by Gasteiger charge is -2.23. The monoisotopic (exact) mass is 423 g/mol. The van der Waals surface area contributed by atoms with Gasteiger partial charge in [0.05, 0.1) is 26.4 Å². The van der Waals surface area contributed by atoms with Gasteiger partial charge in [-0.05, 0) is 55.6 Å². The SMILES string of the molecule is CC1(C)OB(O)c2ccc(C3=NO[C@@](C)(c4cc(Cl)c(Cl)c(Cl)c4)C3)cc21. The molecule has 4 rings (SSSR count). The van der Waals surface area contributed by atoms with E-state index in [1.807, 2.05) is 39.0 Å². The summed E-state index contributed by atoms with van der Waals surface area (Å²) in [5.74, 6) is 0. The predicted molar refractivity (Wildman–Crippen MR) is 109 cm³/mol. The summed E-state index contributed by atoms with van der Waals surface area (Å²) in [6, 6.07) is 9.30. The summed E-state index contributed by atoms with van der Waals surface area (Å²) in [5, 5.41) is 15.4. The standard InChI is InChI=1S/C19H17BCl3NO3/c1-18(2)12-6-10(4-5-13(12)20(25)26-18)16-9-19(3,27-24-16)11-7-14(21)17(23)15(22)8-11/h4-8,25H,9H2,1-3H3/t19-/m1/s1. The molecule has 0 aromatic heterocycles. The third kappa shape index (κ3) is 3.16. The van der Waals surface area contributed by atoms with Gasteiger partial charge in [-0.25, -0.2) is 0 Å². The highest BCUT2D eigenvalue weighted by Gasteiger charge is 2.42. The lowest BCUT2D eigenvalue weighted by molar-refractivity contribution is -0.00737. The van der Waals surface area contributed by atoms with Gasteiger partial charge >= 0.3 is 7.12 Å². The van der Waals surface area contributed by atoms with Crippen LogP contribution < -0.4 is 5.46 Å². The van der Waals surface area contributed by atoms with Crippen molar-refractivity contribution in [3.05, 3.63) is 62.1 Å². The zero-order chi connectivity index (χ0) is 19.6. The van der Waals surface area contributed by atoms with E-state index in [1.54, 1.807) is 12.1 Å². The van der Waals surface area contributed by atoms with E-state index in [9.17, 15) is 5.02 Å². The first-order valence-corrected chi connectivity index (χ1v) is 9.65. The molecule has 8 heteroatoms. The van der Waals surface area contributed by atoms with Gasteiger partial charge in [-0.2, -0.15) is 0 Å². The van der Waals surface area contributed by atoms with Crippen LogP contribution in [0.3, 0.4) is 0 Å². The van der Waals surface area contributed by atoms with E-state index in [1.165, 1.54) is 0 Å². The van der Waals surface area contributed by atoms with E-state index in [0.717, 1.165) is 27.9 Å². The van der Waals surface area contributed by atoms with Crippen molar-refractivity contribution in [1.29, 1.82) is 0 Å². The fraction of sp³-hybridized carbons (Fsp3) is 0.316. The van der Waals surface area contributed by atoms with Crippen molar-refractivity contribution in [2.24, 2.45) is 5.16 Å². The molecule has 4 nitrogen and oxygen atoms in total. The summed E-state index contributed by atoms with van der Waals surface area (Å²) in [7, 11) is -0.908. The molecule has 1 atom stereocenters. The third-order valence-corrected chi connectivity index (χ3v) is 6.36. The fourth-order valence-corrected chi connectivity index (χ4v) is 4.19. The Labute approximate surface area is 173 Å². The Morgan fingerprint density at radius 1 is 1.07 bits per heavy atom. The summed E-state index contributed by atoms with van der Waals surface area (Å²) in [4.78, 5) is 5.78. The molecule has 0 bridgehead atoms. The van der Waals surface area contributed by atoms with E-state index in [4.69, 9.17) is 44.3 Å². The molecule has 1 N–H and O–H groups in total. The second kappa shape index (κ2) is 6.40. The highest BCUT2D eigenvalue weighted by Crippen LogP contribution is 2.41. The molecule has 27 heavy (non-hydrogen) atoms. The fourth-order valence-electron chi connectivity index (χ4n) is 3.59. The average Bonchev–Trinajstić information content (AvgIpc) is 3.11. The van der Waals surface area contributed by atoms with Gasteiger partial charge in [0.25, 0.3) is 0 Å². The van der Waals surface area contributed by atoms with Crippen LogP contribution in [0.2, 0.25) is 15.1 Å². The Morgan fingerprint density at radius 2 is 1.74 bits per heavy atom. The van der Waals surface area contributed by atoms with E-state index >= 15 is 0 Å². The first kappa shape index (κ1) is 19.1. The molecule has 0 radical (unpaired) electrons. The molecule has 0 fully saturated rings. The summed E-state index contributed by atoms with van der Waals surface area (Å²) in [6.07, 6.45) is 0.546. The molecule has 2 aliphatic rings. The molecule has 140 valence electrons. The average molecular weight is 425 g/mol. The highest BCUT2D eigenvalue weighted by molar-refractivity contribution is 6.62. The summed E-state index contributed by atoms with van der Waals surface area (Å²) >= 11 is 18.4. The number of hydrogen-bond donors (Lipinski definition) is 1. The molecule has 2 aromatic carbocycles. The van der Waals surface area contributed by atoms with Crippen LogP contribution in [0.4, 0.5) is 0 Å². The second-order valence-electron chi connectivity index (χ2n) is 7.57. The molecular formula is C19H17BCl3NO3. The minimum Gasteiger partial charge on any atom is -0.423 e. The van der Waals surface area contributed by atoms with E-state index in [0.29, 0.717) is 21.5 Å². The van der Waals surface area contributed by atoms with Crippen LogP contribution in [0.1, 0.15) is 43.9 Å². The predicted octanol–water partition coefficient (Wildman–Crippen LogP) is 4.64. The van der Waals surface area contributed by atoms with Crippen molar-refractivity contribution in [1.82, 2.24) is 0 Å². The van der Waals surface area contributed by atoms with Crippen molar-refractivity contribution in [2.75, 3.05) is 0 Å². The van der Waals surface area contributed by atoms with E-state index in [2.05, 4.69) is 5.16 Å². The van der Waals surface area contributed by atoms with Crippen LogP contribution in [-0.2, 0) is 20.7 Å². The number of oxime groups is 1. The molecule has 0 saturated heterocycles.